The zero-order valence-corrected chi connectivity index (χ0v) is 15.4. The first-order valence-corrected chi connectivity index (χ1v) is 8.79. The molecular formula is C18H29N3O3. The van der Waals surface area contributed by atoms with Crippen LogP contribution in [0.15, 0.2) is 16.9 Å². The third-order valence-corrected chi connectivity index (χ3v) is 5.12. The van der Waals surface area contributed by atoms with Crippen molar-refractivity contribution in [2.45, 2.75) is 65.6 Å². The van der Waals surface area contributed by atoms with E-state index in [1.165, 1.54) is 16.8 Å². The molecule has 1 aliphatic rings. The first kappa shape index (κ1) is 18.6. The number of hydrogen-bond donors (Lipinski definition) is 0. The third kappa shape index (κ3) is 3.53. The Balaban J connectivity index is 2.05. The molecular weight excluding hydrogens is 306 g/mol. The van der Waals surface area contributed by atoms with E-state index in [0.29, 0.717) is 12.2 Å². The molecule has 1 aliphatic carbocycles. The van der Waals surface area contributed by atoms with Crippen LogP contribution in [-0.2, 0) is 11.3 Å². The van der Waals surface area contributed by atoms with E-state index in [1.54, 1.807) is 11.9 Å². The summed E-state index contributed by atoms with van der Waals surface area (Å²) in [6.07, 6.45) is 3.20. The van der Waals surface area contributed by atoms with Crippen LogP contribution >= 0.6 is 0 Å². The fourth-order valence-electron chi connectivity index (χ4n) is 3.29. The first-order valence-electron chi connectivity index (χ1n) is 8.79. The highest BCUT2D eigenvalue weighted by Crippen LogP contribution is 2.45. The lowest BCUT2D eigenvalue weighted by Crippen LogP contribution is -2.62. The number of carbonyl (C=O) groups is 1. The number of amides is 1. The smallest absolute Gasteiger partial charge is 0.274 e. The molecule has 0 spiro atoms. The number of aromatic nitrogens is 2. The molecule has 24 heavy (non-hydrogen) atoms. The van der Waals surface area contributed by atoms with Crippen LogP contribution in [0.3, 0.4) is 0 Å². The molecule has 6 nitrogen and oxygen atoms in total. The molecule has 1 heterocycles. The molecule has 0 N–H and O–H groups in total. The number of nitrogens with zero attached hydrogens (tertiary/aromatic N) is 3. The van der Waals surface area contributed by atoms with E-state index in [1.807, 2.05) is 6.92 Å². The minimum absolute atomic E-state index is 0.0860. The predicted octanol–water partition coefficient (Wildman–Crippen LogP) is 2.32. The number of aryl methyl sites for hydroxylation is 1. The van der Waals surface area contributed by atoms with Crippen LogP contribution in [0.5, 0.6) is 0 Å². The second kappa shape index (κ2) is 7.47. The van der Waals surface area contributed by atoms with E-state index >= 15 is 0 Å². The van der Waals surface area contributed by atoms with Gasteiger partial charge in [-0.3, -0.25) is 9.59 Å². The highest BCUT2D eigenvalue weighted by Gasteiger charge is 2.52. The van der Waals surface area contributed by atoms with Gasteiger partial charge in [-0.15, -0.1) is 0 Å². The SMILES string of the molecule is CCCCO[C@H]1C[C@H](N(C)C(=O)c2ccc(=O)n(CC)n2)C1(C)C. The predicted molar refractivity (Wildman–Crippen MR) is 93.1 cm³/mol. The Morgan fingerprint density at radius 3 is 2.71 bits per heavy atom. The van der Waals surface area contributed by atoms with E-state index in [0.717, 1.165) is 25.9 Å². The molecule has 0 radical (unpaired) electrons. The van der Waals surface area contributed by atoms with Gasteiger partial charge in [0.1, 0.15) is 5.69 Å². The largest absolute Gasteiger partial charge is 0.378 e. The van der Waals surface area contributed by atoms with Crippen LogP contribution in [0, 0.1) is 5.41 Å². The molecule has 1 aromatic rings. The van der Waals surface area contributed by atoms with Crippen molar-refractivity contribution < 1.29 is 9.53 Å². The number of unbranched alkanes of at least 4 members (excludes halogenated alkanes) is 1. The van der Waals surface area contributed by atoms with Crippen molar-refractivity contribution in [2.75, 3.05) is 13.7 Å². The molecule has 1 fully saturated rings. The Bertz CT molecular complexity index is 639. The Kier molecular flexibility index (Phi) is 5.80. The second-order valence-electron chi connectivity index (χ2n) is 7.07. The molecule has 0 bridgehead atoms. The molecule has 1 saturated carbocycles. The molecule has 1 amide bonds. The average Bonchev–Trinajstić information content (AvgIpc) is 2.56. The van der Waals surface area contributed by atoms with Crippen molar-refractivity contribution >= 4 is 5.91 Å². The molecule has 2 rings (SSSR count). The van der Waals surface area contributed by atoms with E-state index in [-0.39, 0.29) is 29.0 Å². The molecule has 6 heteroatoms. The lowest BCUT2D eigenvalue weighted by Gasteiger charge is -2.54. The minimum Gasteiger partial charge on any atom is -0.378 e. The first-order chi connectivity index (χ1) is 11.3. The van der Waals surface area contributed by atoms with Crippen LogP contribution in [0.1, 0.15) is 57.4 Å². The lowest BCUT2D eigenvalue weighted by atomic mass is 9.63. The maximum atomic E-state index is 12.7. The van der Waals surface area contributed by atoms with Crippen LogP contribution in [0.4, 0.5) is 0 Å². The zero-order chi connectivity index (χ0) is 17.9. The maximum Gasteiger partial charge on any atom is 0.274 e. The average molecular weight is 335 g/mol. The standard InChI is InChI=1S/C18H29N3O3/c1-6-8-11-24-15-12-14(18(15,3)4)20(5)17(23)13-9-10-16(22)21(7-2)19-13/h9-10,14-15H,6-8,11-12H2,1-5H3/t14-,15-/m0/s1. The number of carbonyl (C=O) groups excluding carboxylic acids is 1. The van der Waals surface area contributed by atoms with Crippen molar-refractivity contribution in [2.24, 2.45) is 5.41 Å². The highest BCUT2D eigenvalue weighted by molar-refractivity contribution is 5.92. The Hall–Kier alpha value is -1.69. The van der Waals surface area contributed by atoms with E-state index in [9.17, 15) is 9.59 Å². The summed E-state index contributed by atoms with van der Waals surface area (Å²) in [4.78, 5) is 26.1. The molecule has 0 unspecified atom stereocenters. The maximum absolute atomic E-state index is 12.7. The molecule has 0 saturated heterocycles. The Labute approximate surface area is 143 Å². The van der Waals surface area contributed by atoms with Crippen molar-refractivity contribution in [3.05, 3.63) is 28.2 Å². The summed E-state index contributed by atoms with van der Waals surface area (Å²) < 4.78 is 7.26. The van der Waals surface area contributed by atoms with Gasteiger partial charge >= 0.3 is 0 Å². The topological polar surface area (TPSA) is 64.4 Å². The molecule has 134 valence electrons. The van der Waals surface area contributed by atoms with Gasteiger partial charge in [0.15, 0.2) is 0 Å². The van der Waals surface area contributed by atoms with Gasteiger partial charge in [0, 0.05) is 37.7 Å². The van der Waals surface area contributed by atoms with Gasteiger partial charge in [0.25, 0.3) is 11.5 Å². The van der Waals surface area contributed by atoms with Crippen LogP contribution in [0.2, 0.25) is 0 Å². The molecule has 1 aromatic heterocycles. The second-order valence-corrected chi connectivity index (χ2v) is 7.07. The summed E-state index contributed by atoms with van der Waals surface area (Å²) in [5, 5.41) is 4.16. The number of hydrogen-bond acceptors (Lipinski definition) is 4. The number of rotatable bonds is 7. The van der Waals surface area contributed by atoms with Crippen LogP contribution in [-0.4, -0.2) is 46.4 Å². The van der Waals surface area contributed by atoms with Crippen molar-refractivity contribution in [1.29, 1.82) is 0 Å². The van der Waals surface area contributed by atoms with Gasteiger partial charge in [-0.05, 0) is 25.8 Å². The van der Waals surface area contributed by atoms with Gasteiger partial charge in [0.2, 0.25) is 0 Å². The zero-order valence-electron chi connectivity index (χ0n) is 15.4. The fourth-order valence-corrected chi connectivity index (χ4v) is 3.29. The Morgan fingerprint density at radius 1 is 1.42 bits per heavy atom. The van der Waals surface area contributed by atoms with E-state index < -0.39 is 0 Å². The van der Waals surface area contributed by atoms with Crippen molar-refractivity contribution in [3.8, 4) is 0 Å². The summed E-state index contributed by atoms with van der Waals surface area (Å²) in [5.74, 6) is -0.151. The van der Waals surface area contributed by atoms with Gasteiger partial charge < -0.3 is 9.64 Å². The summed E-state index contributed by atoms with van der Waals surface area (Å²) in [5.41, 5.74) is 0.0346. The normalized spacial score (nSPS) is 22.0. The van der Waals surface area contributed by atoms with Crippen LogP contribution < -0.4 is 5.56 Å². The van der Waals surface area contributed by atoms with E-state index in [4.69, 9.17) is 4.74 Å². The summed E-state index contributed by atoms with van der Waals surface area (Å²) in [6.45, 7) is 9.49. The molecule has 0 aromatic carbocycles. The molecule has 2 atom stereocenters. The summed E-state index contributed by atoms with van der Waals surface area (Å²) >= 11 is 0. The minimum atomic E-state index is -0.190. The number of ether oxygens (including phenoxy) is 1. The summed E-state index contributed by atoms with van der Waals surface area (Å²) in [7, 11) is 1.81. The van der Waals surface area contributed by atoms with Gasteiger partial charge in [-0.1, -0.05) is 27.2 Å². The molecule has 0 aliphatic heterocycles. The lowest BCUT2D eigenvalue weighted by molar-refractivity contribution is -0.140. The monoisotopic (exact) mass is 335 g/mol. The summed E-state index contributed by atoms with van der Waals surface area (Å²) in [6, 6.07) is 3.02. The van der Waals surface area contributed by atoms with Crippen LogP contribution in [0.25, 0.3) is 0 Å². The Morgan fingerprint density at radius 2 is 2.12 bits per heavy atom. The van der Waals surface area contributed by atoms with Gasteiger partial charge in [-0.2, -0.15) is 5.10 Å². The third-order valence-electron chi connectivity index (χ3n) is 5.12. The van der Waals surface area contributed by atoms with Gasteiger partial charge in [0.05, 0.1) is 6.10 Å². The highest BCUT2D eigenvalue weighted by atomic mass is 16.5. The van der Waals surface area contributed by atoms with E-state index in [2.05, 4.69) is 25.9 Å². The van der Waals surface area contributed by atoms with Gasteiger partial charge in [-0.25, -0.2) is 4.68 Å². The fraction of sp³-hybridized carbons (Fsp3) is 0.722. The van der Waals surface area contributed by atoms with Crippen molar-refractivity contribution in [1.82, 2.24) is 14.7 Å². The van der Waals surface area contributed by atoms with Crippen molar-refractivity contribution in [3.63, 3.8) is 0 Å². The quantitative estimate of drug-likeness (QED) is 0.717.